The number of aryl methyl sites for hydroxylation is 1. The molecule has 178 valence electrons. The molecule has 0 spiro atoms. The van der Waals surface area contributed by atoms with Crippen molar-refractivity contribution in [3.63, 3.8) is 0 Å². The molecular formula is C29H33BrN2O2. The van der Waals surface area contributed by atoms with Gasteiger partial charge in [-0.25, -0.2) is 0 Å². The largest absolute Gasteiger partial charge is 0.354 e. The van der Waals surface area contributed by atoms with E-state index in [2.05, 4.69) is 28.2 Å². The van der Waals surface area contributed by atoms with E-state index < -0.39 is 6.04 Å². The number of amides is 2. The maximum atomic E-state index is 13.7. The van der Waals surface area contributed by atoms with E-state index in [1.54, 1.807) is 4.90 Å². The Balaban J connectivity index is 1.94. The van der Waals surface area contributed by atoms with Crippen LogP contribution in [0.15, 0.2) is 83.3 Å². The molecule has 0 aliphatic heterocycles. The Morgan fingerprint density at radius 2 is 1.62 bits per heavy atom. The number of halogens is 1. The SMILES string of the molecule is CCCCNC(=O)[C@@H](Cc1ccccc1)N(Cc1cccc(Br)c1)C(=O)Cc1cccc(C)c1. The normalized spacial score (nSPS) is 11.6. The van der Waals surface area contributed by atoms with Gasteiger partial charge in [-0.2, -0.15) is 0 Å². The topological polar surface area (TPSA) is 49.4 Å². The number of hydrogen-bond acceptors (Lipinski definition) is 2. The fourth-order valence-electron chi connectivity index (χ4n) is 3.99. The van der Waals surface area contributed by atoms with Crippen LogP contribution in [0.3, 0.4) is 0 Å². The Morgan fingerprint density at radius 3 is 2.32 bits per heavy atom. The molecule has 34 heavy (non-hydrogen) atoms. The number of hydrogen-bond donors (Lipinski definition) is 1. The lowest BCUT2D eigenvalue weighted by Gasteiger charge is -2.32. The molecule has 0 saturated heterocycles. The fourth-order valence-corrected chi connectivity index (χ4v) is 4.44. The quantitative estimate of drug-likeness (QED) is 0.322. The smallest absolute Gasteiger partial charge is 0.243 e. The second kappa shape index (κ2) is 13.1. The third kappa shape index (κ3) is 7.84. The van der Waals surface area contributed by atoms with Gasteiger partial charge in [-0.05, 0) is 42.2 Å². The standard InChI is InChI=1S/C29H33BrN2O2/c1-3-4-16-31-29(34)27(19-23-11-6-5-7-12-23)32(21-25-14-9-15-26(30)18-25)28(33)20-24-13-8-10-22(2)17-24/h5-15,17-18,27H,3-4,16,19-21H2,1-2H3,(H,31,34)/t27-/m1/s1. The Kier molecular flexibility index (Phi) is 9.89. The number of carbonyl (C=O) groups is 2. The molecule has 3 aromatic rings. The van der Waals surface area contributed by atoms with Crippen LogP contribution < -0.4 is 5.32 Å². The number of unbranched alkanes of at least 4 members (excludes halogenated alkanes) is 1. The molecule has 0 radical (unpaired) electrons. The van der Waals surface area contributed by atoms with Crippen LogP contribution in [0.2, 0.25) is 0 Å². The van der Waals surface area contributed by atoms with Gasteiger partial charge in [0.05, 0.1) is 6.42 Å². The summed E-state index contributed by atoms with van der Waals surface area (Å²) in [6.07, 6.45) is 2.62. The summed E-state index contributed by atoms with van der Waals surface area (Å²) in [4.78, 5) is 28.9. The molecule has 5 heteroatoms. The first-order chi connectivity index (χ1) is 16.5. The molecule has 3 aromatic carbocycles. The Bertz CT molecular complexity index is 1080. The lowest BCUT2D eigenvalue weighted by Crippen LogP contribution is -2.51. The summed E-state index contributed by atoms with van der Waals surface area (Å²) in [5.41, 5.74) is 4.07. The first kappa shape index (κ1) is 25.7. The molecule has 0 aromatic heterocycles. The second-order valence-electron chi connectivity index (χ2n) is 8.67. The number of rotatable bonds is 11. The summed E-state index contributed by atoms with van der Waals surface area (Å²) < 4.78 is 0.947. The number of nitrogens with zero attached hydrogens (tertiary/aromatic N) is 1. The summed E-state index contributed by atoms with van der Waals surface area (Å²) >= 11 is 3.53. The van der Waals surface area contributed by atoms with Crippen molar-refractivity contribution in [1.82, 2.24) is 10.2 Å². The van der Waals surface area contributed by atoms with E-state index in [4.69, 9.17) is 0 Å². The van der Waals surface area contributed by atoms with Crippen molar-refractivity contribution < 1.29 is 9.59 Å². The molecule has 1 N–H and O–H groups in total. The van der Waals surface area contributed by atoms with E-state index in [0.29, 0.717) is 19.5 Å². The number of benzene rings is 3. The highest BCUT2D eigenvalue weighted by atomic mass is 79.9. The van der Waals surface area contributed by atoms with Gasteiger partial charge in [0, 0.05) is 24.0 Å². The molecule has 0 bridgehead atoms. The van der Waals surface area contributed by atoms with Gasteiger partial charge in [0.15, 0.2) is 0 Å². The van der Waals surface area contributed by atoms with Crippen LogP contribution in [0.4, 0.5) is 0 Å². The Morgan fingerprint density at radius 1 is 0.912 bits per heavy atom. The molecule has 4 nitrogen and oxygen atoms in total. The van der Waals surface area contributed by atoms with Crippen LogP contribution >= 0.6 is 15.9 Å². The van der Waals surface area contributed by atoms with Gasteiger partial charge in [-0.15, -0.1) is 0 Å². The van der Waals surface area contributed by atoms with Crippen molar-refractivity contribution in [1.29, 1.82) is 0 Å². The molecular weight excluding hydrogens is 488 g/mol. The zero-order valence-corrected chi connectivity index (χ0v) is 21.6. The maximum absolute atomic E-state index is 13.7. The van der Waals surface area contributed by atoms with E-state index in [-0.39, 0.29) is 18.2 Å². The lowest BCUT2D eigenvalue weighted by molar-refractivity contribution is -0.140. The molecule has 1 atom stereocenters. The van der Waals surface area contributed by atoms with Crippen LogP contribution in [-0.2, 0) is 29.0 Å². The average Bonchev–Trinajstić information content (AvgIpc) is 2.82. The number of carbonyl (C=O) groups excluding carboxylic acids is 2. The van der Waals surface area contributed by atoms with Gasteiger partial charge in [0.25, 0.3) is 0 Å². The van der Waals surface area contributed by atoms with Crippen LogP contribution in [0, 0.1) is 6.92 Å². The predicted molar refractivity (Wildman–Crippen MR) is 141 cm³/mol. The zero-order chi connectivity index (χ0) is 24.3. The number of nitrogens with one attached hydrogen (secondary N) is 1. The van der Waals surface area contributed by atoms with Crippen molar-refractivity contribution >= 4 is 27.7 Å². The molecule has 3 rings (SSSR count). The second-order valence-corrected chi connectivity index (χ2v) is 9.58. The summed E-state index contributed by atoms with van der Waals surface area (Å²) in [5.74, 6) is -0.165. The minimum absolute atomic E-state index is 0.0582. The van der Waals surface area contributed by atoms with E-state index in [1.807, 2.05) is 85.8 Å². The fraction of sp³-hybridized carbons (Fsp3) is 0.310. The predicted octanol–water partition coefficient (Wildman–Crippen LogP) is 5.86. The molecule has 2 amide bonds. The van der Waals surface area contributed by atoms with Crippen LogP contribution in [0.25, 0.3) is 0 Å². The first-order valence-corrected chi connectivity index (χ1v) is 12.7. The molecule has 0 aliphatic carbocycles. The third-order valence-corrected chi connectivity index (χ3v) is 6.27. The van der Waals surface area contributed by atoms with Crippen LogP contribution in [0.5, 0.6) is 0 Å². The van der Waals surface area contributed by atoms with Crippen molar-refractivity contribution in [2.75, 3.05) is 6.54 Å². The van der Waals surface area contributed by atoms with Gasteiger partial charge in [0.2, 0.25) is 11.8 Å². The van der Waals surface area contributed by atoms with Gasteiger partial charge in [0.1, 0.15) is 6.04 Å². The van der Waals surface area contributed by atoms with Gasteiger partial charge in [-0.1, -0.05) is 102 Å². The van der Waals surface area contributed by atoms with E-state index in [1.165, 1.54) is 0 Å². The summed E-state index contributed by atoms with van der Waals surface area (Å²) in [6, 6.07) is 25.2. The summed E-state index contributed by atoms with van der Waals surface area (Å²) in [7, 11) is 0. The van der Waals surface area contributed by atoms with Crippen molar-refractivity contribution in [2.45, 2.75) is 52.1 Å². The molecule has 0 heterocycles. The van der Waals surface area contributed by atoms with Gasteiger partial charge >= 0.3 is 0 Å². The highest BCUT2D eigenvalue weighted by molar-refractivity contribution is 9.10. The zero-order valence-electron chi connectivity index (χ0n) is 20.0. The highest BCUT2D eigenvalue weighted by Gasteiger charge is 2.30. The van der Waals surface area contributed by atoms with Gasteiger partial charge < -0.3 is 10.2 Å². The average molecular weight is 521 g/mol. The molecule has 0 aliphatic rings. The minimum atomic E-state index is -0.601. The van der Waals surface area contributed by atoms with Gasteiger partial charge in [-0.3, -0.25) is 9.59 Å². The Labute approximate surface area is 211 Å². The van der Waals surface area contributed by atoms with Crippen LogP contribution in [-0.4, -0.2) is 29.3 Å². The highest BCUT2D eigenvalue weighted by Crippen LogP contribution is 2.19. The lowest BCUT2D eigenvalue weighted by atomic mass is 10.0. The third-order valence-electron chi connectivity index (χ3n) is 5.78. The molecule has 0 unspecified atom stereocenters. The van der Waals surface area contributed by atoms with Crippen molar-refractivity contribution in [2.24, 2.45) is 0 Å². The van der Waals surface area contributed by atoms with E-state index >= 15 is 0 Å². The molecule has 0 fully saturated rings. The van der Waals surface area contributed by atoms with E-state index in [9.17, 15) is 9.59 Å². The van der Waals surface area contributed by atoms with Crippen LogP contribution in [0.1, 0.15) is 42.0 Å². The first-order valence-electron chi connectivity index (χ1n) is 11.9. The minimum Gasteiger partial charge on any atom is -0.354 e. The van der Waals surface area contributed by atoms with Crippen molar-refractivity contribution in [3.8, 4) is 0 Å². The summed E-state index contributed by atoms with van der Waals surface area (Å²) in [5, 5.41) is 3.07. The van der Waals surface area contributed by atoms with E-state index in [0.717, 1.165) is 39.6 Å². The monoisotopic (exact) mass is 520 g/mol. The Hall–Kier alpha value is -2.92. The van der Waals surface area contributed by atoms with Crippen molar-refractivity contribution in [3.05, 3.63) is 106 Å². The molecule has 0 saturated carbocycles. The summed E-state index contributed by atoms with van der Waals surface area (Å²) in [6.45, 7) is 5.09. The maximum Gasteiger partial charge on any atom is 0.243 e.